The fourth-order valence-corrected chi connectivity index (χ4v) is 4.49. The molecule has 0 bridgehead atoms. The van der Waals surface area contributed by atoms with E-state index in [1.165, 1.54) is 11.1 Å². The van der Waals surface area contributed by atoms with E-state index >= 15 is 0 Å². The number of fused-ring (bicyclic) bond motifs is 1. The third-order valence-corrected chi connectivity index (χ3v) is 6.88. The van der Waals surface area contributed by atoms with Gasteiger partial charge in [0.05, 0.1) is 0 Å². The largest absolute Gasteiger partial charge is 0.490 e. The highest BCUT2D eigenvalue weighted by Gasteiger charge is 2.22. The molecule has 39 heavy (non-hydrogen) atoms. The minimum Gasteiger partial charge on any atom is -0.490 e. The van der Waals surface area contributed by atoms with Gasteiger partial charge in [0, 0.05) is 50.4 Å². The van der Waals surface area contributed by atoms with Crippen molar-refractivity contribution >= 4 is 11.8 Å². The summed E-state index contributed by atoms with van der Waals surface area (Å²) in [5.41, 5.74) is 3.87. The Labute approximate surface area is 231 Å². The van der Waals surface area contributed by atoms with Gasteiger partial charge in [-0.1, -0.05) is 17.2 Å². The third kappa shape index (κ3) is 8.35. The fraction of sp³-hybridized carbons (Fsp3) is 0.419. The summed E-state index contributed by atoms with van der Waals surface area (Å²) in [6, 6.07) is 12.6. The second kappa shape index (κ2) is 13.8. The van der Waals surface area contributed by atoms with Crippen LogP contribution < -0.4 is 19.5 Å². The molecule has 0 spiro atoms. The van der Waals surface area contributed by atoms with Crippen molar-refractivity contribution in [2.45, 2.75) is 33.6 Å². The van der Waals surface area contributed by atoms with Crippen molar-refractivity contribution in [2.24, 2.45) is 0 Å². The number of carbonyl (C=O) groups excluding carboxylic acids is 2. The Morgan fingerprint density at radius 2 is 1.64 bits per heavy atom. The molecule has 0 aliphatic carbocycles. The van der Waals surface area contributed by atoms with E-state index in [0.717, 1.165) is 38.2 Å². The van der Waals surface area contributed by atoms with E-state index in [1.54, 1.807) is 18.2 Å². The fourth-order valence-electron chi connectivity index (χ4n) is 4.49. The van der Waals surface area contributed by atoms with Gasteiger partial charge in [-0.3, -0.25) is 14.5 Å². The highest BCUT2D eigenvalue weighted by atomic mass is 16.7. The highest BCUT2D eigenvalue weighted by molar-refractivity contribution is 5.95. The van der Waals surface area contributed by atoms with Crippen LogP contribution in [-0.4, -0.2) is 74.3 Å². The van der Waals surface area contributed by atoms with Crippen molar-refractivity contribution in [2.75, 3.05) is 52.7 Å². The van der Waals surface area contributed by atoms with Crippen LogP contribution in [0.5, 0.6) is 17.2 Å². The van der Waals surface area contributed by atoms with Gasteiger partial charge in [-0.05, 0) is 82.2 Å². The monoisotopic (exact) mass is 533 g/mol. The lowest BCUT2D eigenvalue weighted by Gasteiger charge is -2.34. The van der Waals surface area contributed by atoms with E-state index in [0.29, 0.717) is 48.9 Å². The predicted molar refractivity (Wildman–Crippen MR) is 152 cm³/mol. The Balaban J connectivity index is 1.14. The van der Waals surface area contributed by atoms with E-state index in [2.05, 4.69) is 43.1 Å². The number of nitrogens with zero attached hydrogens (tertiary/aromatic N) is 2. The summed E-state index contributed by atoms with van der Waals surface area (Å²) in [6.45, 7) is 11.2. The third-order valence-electron chi connectivity index (χ3n) is 6.88. The minimum absolute atomic E-state index is 0.0346. The first-order chi connectivity index (χ1) is 18.9. The number of piperazine rings is 1. The number of rotatable bonds is 11. The molecule has 1 fully saturated rings. The first-order valence-electron chi connectivity index (χ1n) is 13.6. The maximum atomic E-state index is 13.0. The van der Waals surface area contributed by atoms with Gasteiger partial charge in [0.25, 0.3) is 11.8 Å². The minimum atomic E-state index is -0.139. The summed E-state index contributed by atoms with van der Waals surface area (Å²) in [5.74, 6) is 1.91. The zero-order valence-corrected chi connectivity index (χ0v) is 23.2. The highest BCUT2D eigenvalue weighted by Crippen LogP contribution is 2.32. The van der Waals surface area contributed by atoms with Crippen LogP contribution in [0.3, 0.4) is 0 Å². The number of amides is 2. The van der Waals surface area contributed by atoms with E-state index in [4.69, 9.17) is 14.2 Å². The summed E-state index contributed by atoms with van der Waals surface area (Å²) < 4.78 is 16.5. The number of benzene rings is 2. The topological polar surface area (TPSA) is 80.3 Å². The summed E-state index contributed by atoms with van der Waals surface area (Å²) in [4.78, 5) is 29.6. The molecule has 0 saturated carbocycles. The van der Waals surface area contributed by atoms with Crippen molar-refractivity contribution in [1.82, 2.24) is 15.1 Å². The molecule has 1 saturated heterocycles. The van der Waals surface area contributed by atoms with Crippen LogP contribution in [0, 0.1) is 0 Å². The van der Waals surface area contributed by atoms with Crippen molar-refractivity contribution in [3.05, 3.63) is 76.9 Å². The van der Waals surface area contributed by atoms with Gasteiger partial charge >= 0.3 is 0 Å². The normalized spacial score (nSPS) is 15.2. The second-order valence-corrected chi connectivity index (χ2v) is 10.2. The molecular weight excluding hydrogens is 494 g/mol. The molecule has 208 valence electrons. The number of carbonyl (C=O) groups is 2. The molecule has 0 atom stereocenters. The van der Waals surface area contributed by atoms with Crippen LogP contribution >= 0.6 is 0 Å². The first-order valence-corrected chi connectivity index (χ1v) is 13.6. The zero-order chi connectivity index (χ0) is 27.6. The SMILES string of the molecule is CC(C)=CCC/C(C)=C/COc1ccc(C(=O)N2CCN(CCNC(=O)c3ccc4c(c3)OCO4)CC2)cc1. The summed E-state index contributed by atoms with van der Waals surface area (Å²) in [7, 11) is 0. The molecule has 2 aromatic rings. The second-order valence-electron chi connectivity index (χ2n) is 10.2. The zero-order valence-electron chi connectivity index (χ0n) is 23.2. The lowest BCUT2D eigenvalue weighted by Crippen LogP contribution is -2.50. The van der Waals surface area contributed by atoms with Gasteiger partial charge in [-0.2, -0.15) is 0 Å². The molecule has 4 rings (SSSR count). The quantitative estimate of drug-likeness (QED) is 0.423. The van der Waals surface area contributed by atoms with Gasteiger partial charge in [0.2, 0.25) is 6.79 Å². The number of hydrogen-bond acceptors (Lipinski definition) is 6. The Morgan fingerprint density at radius 3 is 2.38 bits per heavy atom. The van der Waals surface area contributed by atoms with Gasteiger partial charge in [0.1, 0.15) is 12.4 Å². The van der Waals surface area contributed by atoms with Crippen LogP contribution in [0.2, 0.25) is 0 Å². The number of ether oxygens (including phenoxy) is 3. The molecule has 8 nitrogen and oxygen atoms in total. The Morgan fingerprint density at radius 1 is 0.923 bits per heavy atom. The molecule has 8 heteroatoms. The van der Waals surface area contributed by atoms with Crippen LogP contribution in [0.4, 0.5) is 0 Å². The molecule has 2 aliphatic heterocycles. The van der Waals surface area contributed by atoms with Gasteiger partial charge in [0.15, 0.2) is 11.5 Å². The maximum Gasteiger partial charge on any atom is 0.253 e. The maximum absolute atomic E-state index is 13.0. The average Bonchev–Trinajstić information content (AvgIpc) is 3.41. The molecule has 2 aromatic carbocycles. The summed E-state index contributed by atoms with van der Waals surface area (Å²) in [5, 5.41) is 2.96. The molecular formula is C31H39N3O5. The standard InChI is InChI=1S/C31H39N3O5/c1-23(2)5-4-6-24(3)13-20-37-27-10-7-25(8-11-27)31(36)34-18-16-33(17-19-34)15-14-32-30(35)26-9-12-28-29(21-26)39-22-38-28/h5,7-13,21H,4,6,14-20,22H2,1-3H3,(H,32,35)/b24-13+. The van der Waals surface area contributed by atoms with Crippen LogP contribution in [0.25, 0.3) is 0 Å². The van der Waals surface area contributed by atoms with Crippen molar-refractivity contribution in [1.29, 1.82) is 0 Å². The molecule has 0 aromatic heterocycles. The molecule has 2 amide bonds. The van der Waals surface area contributed by atoms with E-state index < -0.39 is 0 Å². The predicted octanol–water partition coefficient (Wildman–Crippen LogP) is 4.67. The van der Waals surface area contributed by atoms with Crippen molar-refractivity contribution in [3.8, 4) is 17.2 Å². The van der Waals surface area contributed by atoms with Crippen LogP contribution in [0.1, 0.15) is 54.3 Å². The van der Waals surface area contributed by atoms with E-state index in [-0.39, 0.29) is 18.6 Å². The smallest absolute Gasteiger partial charge is 0.253 e. The van der Waals surface area contributed by atoms with Crippen LogP contribution in [-0.2, 0) is 0 Å². The van der Waals surface area contributed by atoms with Gasteiger partial charge in [-0.25, -0.2) is 0 Å². The molecule has 1 N–H and O–H groups in total. The lowest BCUT2D eigenvalue weighted by molar-refractivity contribution is 0.0638. The Hall–Kier alpha value is -3.78. The van der Waals surface area contributed by atoms with Gasteiger partial charge in [-0.15, -0.1) is 0 Å². The number of hydrogen-bond donors (Lipinski definition) is 1. The Bertz CT molecular complexity index is 1190. The van der Waals surface area contributed by atoms with Crippen LogP contribution in [0.15, 0.2) is 65.8 Å². The van der Waals surface area contributed by atoms with Gasteiger partial charge < -0.3 is 24.4 Å². The molecule has 0 unspecified atom stereocenters. The average molecular weight is 534 g/mol. The first kappa shape index (κ1) is 28.2. The number of allylic oxidation sites excluding steroid dienone is 3. The number of nitrogens with one attached hydrogen (secondary N) is 1. The van der Waals surface area contributed by atoms with Crippen molar-refractivity contribution < 1.29 is 23.8 Å². The Kier molecular flexibility index (Phi) is 10.0. The molecule has 2 aliphatic rings. The lowest BCUT2D eigenvalue weighted by atomic mass is 10.1. The molecule has 0 radical (unpaired) electrons. The molecule has 2 heterocycles. The summed E-state index contributed by atoms with van der Waals surface area (Å²) >= 11 is 0. The van der Waals surface area contributed by atoms with E-state index in [1.807, 2.05) is 29.2 Å². The summed E-state index contributed by atoms with van der Waals surface area (Å²) in [6.07, 6.45) is 6.44. The van der Waals surface area contributed by atoms with Crippen molar-refractivity contribution in [3.63, 3.8) is 0 Å². The van der Waals surface area contributed by atoms with E-state index in [9.17, 15) is 9.59 Å².